The zero-order chi connectivity index (χ0) is 22.3. The Morgan fingerprint density at radius 3 is 2.57 bits per heavy atom. The van der Waals surface area contributed by atoms with Crippen LogP contribution in [0.4, 0.5) is 23.2 Å². The van der Waals surface area contributed by atoms with Crippen molar-refractivity contribution in [2.45, 2.75) is 50.5 Å². The molecular weight excluding hydrogens is 404 g/mol. The molecule has 2 aliphatic rings. The van der Waals surface area contributed by atoms with Crippen molar-refractivity contribution in [3.63, 3.8) is 0 Å². The second kappa shape index (κ2) is 7.63. The maximum absolute atomic E-state index is 13.9. The molecule has 1 atom stereocenters. The van der Waals surface area contributed by atoms with Crippen LogP contribution in [-0.4, -0.2) is 48.0 Å². The van der Waals surface area contributed by atoms with Gasteiger partial charge in [0, 0.05) is 23.7 Å². The van der Waals surface area contributed by atoms with Crippen molar-refractivity contribution in [2.24, 2.45) is 11.7 Å². The summed E-state index contributed by atoms with van der Waals surface area (Å²) in [5, 5.41) is 2.90. The number of nitrogens with two attached hydrogens (primary N) is 1. The van der Waals surface area contributed by atoms with Crippen molar-refractivity contribution in [3.05, 3.63) is 30.2 Å². The minimum atomic E-state index is -4.56. The Labute approximate surface area is 172 Å². The largest absolute Gasteiger partial charge is 0.482 e. The van der Waals surface area contributed by atoms with Crippen LogP contribution in [-0.2, 0) is 0 Å². The predicted molar refractivity (Wildman–Crippen MR) is 104 cm³/mol. The molecule has 1 unspecified atom stereocenters. The third kappa shape index (κ3) is 5.34. The Kier molecular flexibility index (Phi) is 5.64. The van der Waals surface area contributed by atoms with Gasteiger partial charge in [-0.25, -0.2) is 9.37 Å². The number of alkyl halides is 4. The van der Waals surface area contributed by atoms with E-state index in [9.17, 15) is 22.4 Å². The second-order valence-corrected chi connectivity index (χ2v) is 8.69. The molecule has 1 saturated heterocycles. The summed E-state index contributed by atoms with van der Waals surface area (Å²) in [7, 11) is 0. The lowest BCUT2D eigenvalue weighted by atomic mass is 9.90. The summed E-state index contributed by atoms with van der Waals surface area (Å²) < 4.78 is 56.8. The van der Waals surface area contributed by atoms with Gasteiger partial charge in [0.25, 0.3) is 5.91 Å². The quantitative estimate of drug-likeness (QED) is 0.619. The third-order valence-corrected chi connectivity index (χ3v) is 5.32. The molecule has 3 rings (SSSR count). The first kappa shape index (κ1) is 22.2. The number of pyridine rings is 1. The molecule has 166 valence electrons. The van der Waals surface area contributed by atoms with E-state index in [0.29, 0.717) is 12.1 Å². The Balaban J connectivity index is 1.82. The first-order valence-corrected chi connectivity index (χ1v) is 9.67. The number of aromatic nitrogens is 1. The van der Waals surface area contributed by atoms with E-state index >= 15 is 0 Å². The molecule has 1 aromatic heterocycles. The normalized spacial score (nSPS) is 20.1. The maximum atomic E-state index is 13.9. The number of nitrogens with zero attached hydrogens (tertiary/aromatic N) is 2. The Bertz CT molecular complexity index is 831. The molecule has 2 fully saturated rings. The minimum absolute atomic E-state index is 0.000956. The second-order valence-electron chi connectivity index (χ2n) is 8.69. The Morgan fingerprint density at radius 1 is 1.43 bits per heavy atom. The number of amides is 1. The van der Waals surface area contributed by atoms with Crippen LogP contribution in [0, 0.1) is 5.92 Å². The van der Waals surface area contributed by atoms with Crippen molar-refractivity contribution in [3.8, 4) is 5.75 Å². The molecule has 1 saturated carbocycles. The maximum Gasteiger partial charge on any atom is 0.422 e. The number of anilines is 1. The number of nitrogens with one attached hydrogen (secondary N) is 1. The zero-order valence-corrected chi connectivity index (χ0v) is 17.0. The molecule has 0 bridgehead atoms. The lowest BCUT2D eigenvalue weighted by molar-refractivity contribution is -0.153. The monoisotopic (exact) mass is 430 g/mol. The van der Waals surface area contributed by atoms with Gasteiger partial charge in [-0.15, -0.1) is 0 Å². The van der Waals surface area contributed by atoms with Crippen LogP contribution >= 0.6 is 0 Å². The van der Waals surface area contributed by atoms with Gasteiger partial charge in [0.05, 0.1) is 25.0 Å². The summed E-state index contributed by atoms with van der Waals surface area (Å²) in [6.07, 6.45) is -1.06. The van der Waals surface area contributed by atoms with E-state index in [1.54, 1.807) is 0 Å². The number of halogens is 4. The van der Waals surface area contributed by atoms with Gasteiger partial charge in [0.1, 0.15) is 17.1 Å². The van der Waals surface area contributed by atoms with E-state index in [-0.39, 0.29) is 36.1 Å². The molecule has 1 aromatic rings. The SMILES string of the molecule is C=C(N)CC(C)(NC(=O)c1cc(OCC(F)(F)F)c(N2CC(C)(F)C2)cn1)C1CC1. The summed E-state index contributed by atoms with van der Waals surface area (Å²) in [5.41, 5.74) is 4.23. The highest BCUT2D eigenvalue weighted by molar-refractivity contribution is 5.93. The van der Waals surface area contributed by atoms with Crippen molar-refractivity contribution in [1.29, 1.82) is 0 Å². The summed E-state index contributed by atoms with van der Waals surface area (Å²) in [5.74, 6) is -0.474. The van der Waals surface area contributed by atoms with Crippen LogP contribution in [0.5, 0.6) is 5.75 Å². The van der Waals surface area contributed by atoms with Gasteiger partial charge >= 0.3 is 6.18 Å². The molecule has 2 heterocycles. The number of rotatable bonds is 8. The van der Waals surface area contributed by atoms with E-state index in [0.717, 1.165) is 18.9 Å². The minimum Gasteiger partial charge on any atom is -0.482 e. The fraction of sp³-hybridized carbons (Fsp3) is 0.600. The Morgan fingerprint density at radius 2 is 2.07 bits per heavy atom. The van der Waals surface area contributed by atoms with Gasteiger partial charge < -0.3 is 20.7 Å². The first-order valence-electron chi connectivity index (χ1n) is 9.67. The highest BCUT2D eigenvalue weighted by atomic mass is 19.4. The predicted octanol–water partition coefficient (Wildman–Crippen LogP) is 3.33. The Hall–Kier alpha value is -2.52. The van der Waals surface area contributed by atoms with Crippen LogP contribution < -0.4 is 20.7 Å². The van der Waals surface area contributed by atoms with Gasteiger partial charge in [0.15, 0.2) is 6.61 Å². The van der Waals surface area contributed by atoms with Crippen LogP contribution in [0.2, 0.25) is 0 Å². The molecule has 0 aromatic carbocycles. The van der Waals surface area contributed by atoms with Crippen LogP contribution in [0.1, 0.15) is 43.6 Å². The van der Waals surface area contributed by atoms with Crippen molar-refractivity contribution >= 4 is 11.6 Å². The van der Waals surface area contributed by atoms with E-state index in [4.69, 9.17) is 10.5 Å². The van der Waals surface area contributed by atoms with Crippen molar-refractivity contribution in [1.82, 2.24) is 10.3 Å². The lowest BCUT2D eigenvalue weighted by Crippen LogP contribution is -2.57. The molecule has 30 heavy (non-hydrogen) atoms. The van der Waals surface area contributed by atoms with Gasteiger partial charge in [-0.2, -0.15) is 13.2 Å². The fourth-order valence-electron chi connectivity index (χ4n) is 3.79. The van der Waals surface area contributed by atoms with Gasteiger partial charge in [-0.05, 0) is 32.6 Å². The van der Waals surface area contributed by atoms with Gasteiger partial charge in [-0.1, -0.05) is 6.58 Å². The molecule has 1 aliphatic heterocycles. The van der Waals surface area contributed by atoms with Crippen molar-refractivity contribution in [2.75, 3.05) is 24.6 Å². The molecular formula is C20H26F4N4O2. The topological polar surface area (TPSA) is 80.5 Å². The van der Waals surface area contributed by atoms with Crippen molar-refractivity contribution < 1.29 is 27.1 Å². The average Bonchev–Trinajstić information content (AvgIpc) is 3.41. The number of carbonyl (C=O) groups is 1. The van der Waals surface area contributed by atoms with Crippen LogP contribution in [0.3, 0.4) is 0 Å². The molecule has 0 spiro atoms. The number of carbonyl (C=O) groups excluding carboxylic acids is 1. The number of hydrogen-bond acceptors (Lipinski definition) is 5. The smallest absolute Gasteiger partial charge is 0.422 e. The molecule has 3 N–H and O–H groups in total. The highest BCUT2D eigenvalue weighted by Gasteiger charge is 2.43. The zero-order valence-electron chi connectivity index (χ0n) is 17.0. The van der Waals surface area contributed by atoms with E-state index in [1.165, 1.54) is 18.0 Å². The summed E-state index contributed by atoms with van der Waals surface area (Å²) >= 11 is 0. The fourth-order valence-corrected chi connectivity index (χ4v) is 3.79. The summed E-state index contributed by atoms with van der Waals surface area (Å²) in [6.45, 7) is 5.43. The van der Waals surface area contributed by atoms with E-state index in [1.807, 2.05) is 6.92 Å². The summed E-state index contributed by atoms with van der Waals surface area (Å²) in [6, 6.07) is 1.16. The van der Waals surface area contributed by atoms with E-state index in [2.05, 4.69) is 16.9 Å². The molecule has 1 amide bonds. The average molecular weight is 430 g/mol. The molecule has 0 radical (unpaired) electrons. The lowest BCUT2D eigenvalue weighted by Gasteiger charge is -2.44. The van der Waals surface area contributed by atoms with E-state index < -0.39 is 29.9 Å². The molecule has 10 heteroatoms. The van der Waals surface area contributed by atoms with Crippen LogP contribution in [0.15, 0.2) is 24.5 Å². The van der Waals surface area contributed by atoms with Gasteiger partial charge in [0.2, 0.25) is 0 Å². The molecule has 1 aliphatic carbocycles. The molecule has 6 nitrogen and oxygen atoms in total. The standard InChI is InChI=1S/C20H26F4N4O2/c1-12(25)7-19(3,13-4-5-13)27-17(29)14-6-16(30-11-20(22,23)24)15(8-26-14)28-9-18(2,21)10-28/h6,8,13H,1,4-5,7,9-11,25H2,2-3H3,(H,27,29). The number of hydrogen-bond donors (Lipinski definition) is 2. The van der Waals surface area contributed by atoms with Crippen LogP contribution in [0.25, 0.3) is 0 Å². The van der Waals surface area contributed by atoms with Gasteiger partial charge in [-0.3, -0.25) is 4.79 Å². The number of ether oxygens (including phenoxy) is 1. The third-order valence-electron chi connectivity index (χ3n) is 5.32. The first-order chi connectivity index (χ1) is 13.8. The summed E-state index contributed by atoms with van der Waals surface area (Å²) in [4.78, 5) is 18.4. The highest BCUT2D eigenvalue weighted by Crippen LogP contribution is 2.42.